The van der Waals surface area contributed by atoms with E-state index in [0.29, 0.717) is 11.2 Å². The van der Waals surface area contributed by atoms with E-state index in [1.54, 1.807) is 12.1 Å². The Morgan fingerprint density at radius 3 is 2.74 bits per heavy atom. The SMILES string of the molecule is O=C1NC(=O)C(=Cc2ccnc(NC(=O)c3ccc4ccccc4n3)n2)S1. The molecule has 1 aromatic carbocycles. The van der Waals surface area contributed by atoms with Crippen LogP contribution in [0.25, 0.3) is 17.0 Å². The van der Waals surface area contributed by atoms with Gasteiger partial charge in [-0.3, -0.25) is 25.0 Å². The van der Waals surface area contributed by atoms with Crippen molar-refractivity contribution in [1.82, 2.24) is 20.3 Å². The number of fused-ring (bicyclic) bond motifs is 1. The molecule has 1 saturated heterocycles. The number of anilines is 1. The molecule has 3 heterocycles. The molecule has 0 saturated carbocycles. The molecule has 8 nitrogen and oxygen atoms in total. The number of imide groups is 1. The van der Waals surface area contributed by atoms with Crippen molar-refractivity contribution < 1.29 is 14.4 Å². The average Bonchev–Trinajstić information content (AvgIpc) is 2.98. The summed E-state index contributed by atoms with van der Waals surface area (Å²) in [7, 11) is 0. The molecule has 1 aliphatic heterocycles. The van der Waals surface area contributed by atoms with Crippen LogP contribution in [0.15, 0.2) is 53.6 Å². The van der Waals surface area contributed by atoms with E-state index in [1.165, 1.54) is 12.3 Å². The molecule has 3 amide bonds. The lowest BCUT2D eigenvalue weighted by Gasteiger charge is -2.05. The summed E-state index contributed by atoms with van der Waals surface area (Å²) in [5, 5.41) is 5.24. The van der Waals surface area contributed by atoms with Crippen LogP contribution in [0.1, 0.15) is 16.2 Å². The van der Waals surface area contributed by atoms with Crippen molar-refractivity contribution in [2.45, 2.75) is 0 Å². The van der Waals surface area contributed by atoms with E-state index in [4.69, 9.17) is 0 Å². The summed E-state index contributed by atoms with van der Waals surface area (Å²) in [4.78, 5) is 48.0. The molecule has 4 rings (SSSR count). The maximum atomic E-state index is 12.4. The Labute approximate surface area is 157 Å². The first-order valence-corrected chi connectivity index (χ1v) is 8.65. The summed E-state index contributed by atoms with van der Waals surface area (Å²) in [6, 6.07) is 12.5. The number of pyridine rings is 1. The highest BCUT2D eigenvalue weighted by atomic mass is 32.2. The van der Waals surface area contributed by atoms with Crippen LogP contribution < -0.4 is 10.6 Å². The van der Waals surface area contributed by atoms with Gasteiger partial charge in [-0.15, -0.1) is 0 Å². The molecule has 0 aliphatic carbocycles. The Kier molecular flexibility index (Phi) is 4.35. The standard InChI is InChI=1S/C18H11N5O3S/c24-15(13-6-5-10-3-1-2-4-12(10)21-13)22-17-19-8-7-11(20-17)9-14-16(25)23-18(26)27-14/h1-9H,(H,23,25,26)(H,19,20,22,24). The second kappa shape index (κ2) is 6.96. The minimum atomic E-state index is -0.477. The van der Waals surface area contributed by atoms with E-state index in [0.717, 1.165) is 17.1 Å². The first-order valence-electron chi connectivity index (χ1n) is 7.83. The molecule has 1 aliphatic rings. The summed E-state index contributed by atoms with van der Waals surface area (Å²) >= 11 is 0.790. The third-order valence-electron chi connectivity index (χ3n) is 3.65. The lowest BCUT2D eigenvalue weighted by Crippen LogP contribution is -2.18. The Hall–Kier alpha value is -3.59. The number of carbonyl (C=O) groups excluding carboxylic acids is 3. The fraction of sp³-hybridized carbons (Fsp3) is 0. The number of thioether (sulfide) groups is 1. The van der Waals surface area contributed by atoms with Gasteiger partial charge in [-0.05, 0) is 36.0 Å². The van der Waals surface area contributed by atoms with Crippen LogP contribution in [-0.2, 0) is 4.79 Å². The lowest BCUT2D eigenvalue weighted by atomic mass is 10.2. The number of hydrogen-bond donors (Lipinski definition) is 2. The van der Waals surface area contributed by atoms with Gasteiger partial charge >= 0.3 is 0 Å². The van der Waals surface area contributed by atoms with Crippen LogP contribution in [0.2, 0.25) is 0 Å². The average molecular weight is 377 g/mol. The van der Waals surface area contributed by atoms with E-state index >= 15 is 0 Å². The second-order valence-electron chi connectivity index (χ2n) is 5.50. The van der Waals surface area contributed by atoms with Gasteiger partial charge < -0.3 is 0 Å². The summed E-state index contributed by atoms with van der Waals surface area (Å²) in [5.74, 6) is -0.859. The van der Waals surface area contributed by atoms with Crippen molar-refractivity contribution in [3.63, 3.8) is 0 Å². The molecule has 0 bridgehead atoms. The van der Waals surface area contributed by atoms with Gasteiger partial charge in [0.1, 0.15) is 5.69 Å². The smallest absolute Gasteiger partial charge is 0.289 e. The van der Waals surface area contributed by atoms with Gasteiger partial charge in [-0.2, -0.15) is 0 Å². The number of para-hydroxylation sites is 1. The van der Waals surface area contributed by atoms with Gasteiger partial charge in [-0.25, -0.2) is 15.0 Å². The van der Waals surface area contributed by atoms with Crippen LogP contribution in [0, 0.1) is 0 Å². The van der Waals surface area contributed by atoms with Gasteiger partial charge in [0.25, 0.3) is 17.1 Å². The summed E-state index contributed by atoms with van der Waals surface area (Å²) in [6.07, 6.45) is 2.90. The summed E-state index contributed by atoms with van der Waals surface area (Å²) in [6.45, 7) is 0. The molecule has 2 aromatic heterocycles. The highest BCUT2D eigenvalue weighted by molar-refractivity contribution is 8.18. The Bertz CT molecular complexity index is 1130. The first kappa shape index (κ1) is 16.9. The van der Waals surface area contributed by atoms with Gasteiger partial charge in [0, 0.05) is 11.6 Å². The zero-order valence-corrected chi connectivity index (χ0v) is 14.5. The van der Waals surface area contributed by atoms with Crippen molar-refractivity contribution in [2.24, 2.45) is 0 Å². The molecule has 0 spiro atoms. The van der Waals surface area contributed by atoms with Crippen molar-refractivity contribution in [1.29, 1.82) is 0 Å². The third-order valence-corrected chi connectivity index (χ3v) is 4.47. The Morgan fingerprint density at radius 2 is 1.93 bits per heavy atom. The maximum absolute atomic E-state index is 12.4. The van der Waals surface area contributed by atoms with Crippen LogP contribution >= 0.6 is 11.8 Å². The molecule has 1 fully saturated rings. The first-order chi connectivity index (χ1) is 13.1. The maximum Gasteiger partial charge on any atom is 0.290 e. The zero-order chi connectivity index (χ0) is 18.8. The minimum Gasteiger partial charge on any atom is -0.289 e. The fourth-order valence-corrected chi connectivity index (χ4v) is 3.09. The van der Waals surface area contributed by atoms with Crippen LogP contribution in [0.3, 0.4) is 0 Å². The van der Waals surface area contributed by atoms with Crippen molar-refractivity contribution in [3.05, 3.63) is 65.0 Å². The van der Waals surface area contributed by atoms with E-state index in [1.807, 2.05) is 30.3 Å². The largest absolute Gasteiger partial charge is 0.290 e. The van der Waals surface area contributed by atoms with E-state index < -0.39 is 17.1 Å². The molecule has 2 N–H and O–H groups in total. The quantitative estimate of drug-likeness (QED) is 0.674. The molecule has 132 valence electrons. The summed E-state index contributed by atoms with van der Waals surface area (Å²) in [5.41, 5.74) is 1.33. The van der Waals surface area contributed by atoms with Crippen molar-refractivity contribution in [3.8, 4) is 0 Å². The van der Waals surface area contributed by atoms with E-state index in [-0.39, 0.29) is 16.5 Å². The molecule has 0 radical (unpaired) electrons. The van der Waals surface area contributed by atoms with Gasteiger partial charge in [0.05, 0.1) is 16.1 Å². The zero-order valence-electron chi connectivity index (χ0n) is 13.7. The molecule has 9 heteroatoms. The topological polar surface area (TPSA) is 114 Å². The Morgan fingerprint density at radius 1 is 1.07 bits per heavy atom. The highest BCUT2D eigenvalue weighted by Crippen LogP contribution is 2.25. The normalized spacial score (nSPS) is 15.2. The van der Waals surface area contributed by atoms with Crippen molar-refractivity contribution in [2.75, 3.05) is 5.32 Å². The minimum absolute atomic E-state index is 0.0686. The lowest BCUT2D eigenvalue weighted by molar-refractivity contribution is -0.115. The fourth-order valence-electron chi connectivity index (χ4n) is 2.43. The van der Waals surface area contributed by atoms with Gasteiger partial charge in [0.15, 0.2) is 0 Å². The highest BCUT2D eigenvalue weighted by Gasteiger charge is 2.25. The number of benzene rings is 1. The second-order valence-corrected chi connectivity index (χ2v) is 6.52. The number of aromatic nitrogens is 3. The predicted octanol–water partition coefficient (Wildman–Crippen LogP) is 2.60. The van der Waals surface area contributed by atoms with Crippen LogP contribution in [0.5, 0.6) is 0 Å². The number of amides is 3. The van der Waals surface area contributed by atoms with Gasteiger partial charge in [-0.1, -0.05) is 24.3 Å². The Balaban J connectivity index is 1.55. The number of carbonyl (C=O) groups is 3. The number of nitrogens with zero attached hydrogens (tertiary/aromatic N) is 3. The van der Waals surface area contributed by atoms with Crippen molar-refractivity contribution >= 4 is 51.7 Å². The molecular weight excluding hydrogens is 366 g/mol. The summed E-state index contributed by atoms with van der Waals surface area (Å²) < 4.78 is 0. The van der Waals surface area contributed by atoms with Crippen LogP contribution in [-0.4, -0.2) is 32.0 Å². The molecular formula is C18H11N5O3S. The third kappa shape index (κ3) is 3.67. The molecule has 0 unspecified atom stereocenters. The van der Waals surface area contributed by atoms with E-state index in [9.17, 15) is 14.4 Å². The van der Waals surface area contributed by atoms with Gasteiger partial charge in [0.2, 0.25) is 5.95 Å². The number of nitrogens with one attached hydrogen (secondary N) is 2. The van der Waals surface area contributed by atoms with E-state index in [2.05, 4.69) is 25.6 Å². The monoisotopic (exact) mass is 377 g/mol. The molecule has 27 heavy (non-hydrogen) atoms. The van der Waals surface area contributed by atoms with Crippen LogP contribution in [0.4, 0.5) is 10.7 Å². The molecule has 0 atom stereocenters. The number of rotatable bonds is 3. The number of hydrogen-bond acceptors (Lipinski definition) is 7. The molecule has 3 aromatic rings. The predicted molar refractivity (Wildman–Crippen MR) is 101 cm³/mol.